The predicted octanol–water partition coefficient (Wildman–Crippen LogP) is 3.94. The van der Waals surface area contributed by atoms with Crippen molar-refractivity contribution >= 4 is 23.3 Å². The normalized spacial score (nSPS) is 12.2. The maximum Gasteiger partial charge on any atom is 0.371 e. The maximum absolute atomic E-state index is 13.3. The highest BCUT2D eigenvalue weighted by Gasteiger charge is 2.14. The Morgan fingerprint density at radius 2 is 2.16 bits per heavy atom. The number of carbonyl (C=O) groups is 1. The minimum atomic E-state index is -1.13. The van der Waals surface area contributed by atoms with Crippen LogP contribution in [0.2, 0.25) is 5.02 Å². The van der Waals surface area contributed by atoms with Crippen molar-refractivity contribution in [1.29, 1.82) is 0 Å². The number of furan rings is 1. The summed E-state index contributed by atoms with van der Waals surface area (Å²) in [6.45, 7) is 1.77. The van der Waals surface area contributed by atoms with Gasteiger partial charge in [0.25, 0.3) is 0 Å². The molecule has 0 saturated heterocycles. The van der Waals surface area contributed by atoms with Gasteiger partial charge in [-0.3, -0.25) is 0 Å². The molecule has 0 fully saturated rings. The number of rotatable bonds is 4. The third-order valence-corrected chi connectivity index (χ3v) is 2.87. The van der Waals surface area contributed by atoms with Crippen LogP contribution in [0.1, 0.15) is 29.3 Å². The van der Waals surface area contributed by atoms with Crippen LogP contribution in [0.5, 0.6) is 0 Å². The van der Waals surface area contributed by atoms with E-state index in [1.54, 1.807) is 19.1 Å². The first-order valence-corrected chi connectivity index (χ1v) is 5.90. The van der Waals surface area contributed by atoms with Crippen LogP contribution in [-0.2, 0) is 0 Å². The summed E-state index contributed by atoms with van der Waals surface area (Å²) in [6, 6.07) is 6.97. The number of carboxylic acid groups (broad SMARTS) is 1. The fourth-order valence-electron chi connectivity index (χ4n) is 1.61. The summed E-state index contributed by atoms with van der Waals surface area (Å²) in [5, 5.41) is 11.8. The van der Waals surface area contributed by atoms with E-state index in [1.165, 1.54) is 18.2 Å². The molecule has 0 aliphatic heterocycles. The molecule has 0 aliphatic rings. The van der Waals surface area contributed by atoms with Crippen LogP contribution in [0.3, 0.4) is 0 Å². The number of aromatic carboxylic acids is 1. The Balaban J connectivity index is 2.13. The first-order valence-electron chi connectivity index (χ1n) is 5.52. The second-order valence-electron chi connectivity index (χ2n) is 4.00. The van der Waals surface area contributed by atoms with Crippen molar-refractivity contribution in [3.63, 3.8) is 0 Å². The topological polar surface area (TPSA) is 62.5 Å². The van der Waals surface area contributed by atoms with Crippen LogP contribution in [0.4, 0.5) is 10.1 Å². The van der Waals surface area contributed by atoms with Crippen LogP contribution in [0, 0.1) is 5.82 Å². The quantitative estimate of drug-likeness (QED) is 0.892. The number of halogens is 2. The van der Waals surface area contributed by atoms with Gasteiger partial charge in [-0.05, 0) is 37.3 Å². The molecule has 4 nitrogen and oxygen atoms in total. The predicted molar refractivity (Wildman–Crippen MR) is 69.1 cm³/mol. The van der Waals surface area contributed by atoms with Crippen molar-refractivity contribution in [1.82, 2.24) is 0 Å². The van der Waals surface area contributed by atoms with Gasteiger partial charge in [-0.25, -0.2) is 9.18 Å². The summed E-state index contributed by atoms with van der Waals surface area (Å²) in [5.74, 6) is -1.33. The molecule has 19 heavy (non-hydrogen) atoms. The molecule has 2 rings (SSSR count). The Hall–Kier alpha value is -2.01. The molecule has 0 saturated carbocycles. The highest BCUT2D eigenvalue weighted by atomic mass is 35.5. The van der Waals surface area contributed by atoms with Gasteiger partial charge in [-0.15, -0.1) is 0 Å². The zero-order valence-corrected chi connectivity index (χ0v) is 10.7. The molecule has 1 heterocycles. The standard InChI is InChI=1S/C13H11ClFNO3/c1-7(11-4-5-12(19-11)13(17)18)16-8-2-3-9(14)10(15)6-8/h2-7,16H,1H3,(H,17,18). The molecule has 0 bridgehead atoms. The molecular formula is C13H11ClFNO3. The zero-order chi connectivity index (χ0) is 14.0. The summed E-state index contributed by atoms with van der Waals surface area (Å²) < 4.78 is 18.4. The van der Waals surface area contributed by atoms with E-state index >= 15 is 0 Å². The molecule has 1 unspecified atom stereocenters. The third-order valence-electron chi connectivity index (χ3n) is 2.57. The number of benzene rings is 1. The van der Waals surface area contributed by atoms with Crippen molar-refractivity contribution in [3.05, 3.63) is 52.7 Å². The lowest BCUT2D eigenvalue weighted by Gasteiger charge is -2.13. The fraction of sp³-hybridized carbons (Fsp3) is 0.154. The highest BCUT2D eigenvalue weighted by molar-refractivity contribution is 6.30. The molecule has 6 heteroatoms. The summed E-state index contributed by atoms with van der Waals surface area (Å²) >= 11 is 5.59. The fourth-order valence-corrected chi connectivity index (χ4v) is 1.73. The average Bonchev–Trinajstić information content (AvgIpc) is 2.83. The lowest BCUT2D eigenvalue weighted by molar-refractivity contribution is 0.0660. The van der Waals surface area contributed by atoms with Gasteiger partial charge in [-0.1, -0.05) is 11.6 Å². The Morgan fingerprint density at radius 3 is 2.74 bits per heavy atom. The monoisotopic (exact) mass is 283 g/mol. The van der Waals surface area contributed by atoms with E-state index in [0.29, 0.717) is 11.4 Å². The van der Waals surface area contributed by atoms with Crippen LogP contribution in [0.15, 0.2) is 34.7 Å². The molecule has 1 aromatic heterocycles. The average molecular weight is 284 g/mol. The van der Waals surface area contributed by atoms with Gasteiger partial charge < -0.3 is 14.8 Å². The summed E-state index contributed by atoms with van der Waals surface area (Å²) in [6.07, 6.45) is 0. The lowest BCUT2D eigenvalue weighted by Crippen LogP contribution is -2.06. The number of hydrogen-bond acceptors (Lipinski definition) is 3. The summed E-state index contributed by atoms with van der Waals surface area (Å²) in [7, 11) is 0. The molecule has 0 aliphatic carbocycles. The van der Waals surface area contributed by atoms with Crippen molar-refractivity contribution < 1.29 is 18.7 Å². The molecule has 100 valence electrons. The highest BCUT2D eigenvalue weighted by Crippen LogP contribution is 2.24. The minimum absolute atomic E-state index is 0.0457. The number of anilines is 1. The van der Waals surface area contributed by atoms with E-state index in [4.69, 9.17) is 21.1 Å². The van der Waals surface area contributed by atoms with Gasteiger partial charge in [0.05, 0.1) is 11.1 Å². The van der Waals surface area contributed by atoms with Crippen LogP contribution in [0.25, 0.3) is 0 Å². The molecule has 0 amide bonds. The van der Waals surface area contributed by atoms with Gasteiger partial charge in [0.15, 0.2) is 0 Å². The largest absolute Gasteiger partial charge is 0.475 e. The van der Waals surface area contributed by atoms with Gasteiger partial charge in [0.1, 0.15) is 11.6 Å². The minimum Gasteiger partial charge on any atom is -0.475 e. The number of nitrogens with one attached hydrogen (secondary N) is 1. The number of hydrogen-bond donors (Lipinski definition) is 2. The summed E-state index contributed by atoms with van der Waals surface area (Å²) in [4.78, 5) is 10.7. The van der Waals surface area contributed by atoms with Crippen molar-refractivity contribution in [3.8, 4) is 0 Å². The number of carboxylic acids is 1. The first kappa shape index (κ1) is 13.4. The van der Waals surface area contributed by atoms with Crippen LogP contribution >= 0.6 is 11.6 Å². The second kappa shape index (κ2) is 5.32. The van der Waals surface area contributed by atoms with Gasteiger partial charge in [0.2, 0.25) is 5.76 Å². The van der Waals surface area contributed by atoms with Crippen LogP contribution in [-0.4, -0.2) is 11.1 Å². The van der Waals surface area contributed by atoms with Crippen molar-refractivity contribution in [2.24, 2.45) is 0 Å². The van der Waals surface area contributed by atoms with E-state index < -0.39 is 11.8 Å². The summed E-state index contributed by atoms with van der Waals surface area (Å²) in [5.41, 5.74) is 0.530. The van der Waals surface area contributed by atoms with E-state index in [9.17, 15) is 9.18 Å². The lowest BCUT2D eigenvalue weighted by atomic mass is 10.2. The second-order valence-corrected chi connectivity index (χ2v) is 4.41. The first-order chi connectivity index (χ1) is 8.97. The third kappa shape index (κ3) is 3.06. The van der Waals surface area contributed by atoms with Gasteiger partial charge in [-0.2, -0.15) is 0 Å². The zero-order valence-electron chi connectivity index (χ0n) is 9.98. The van der Waals surface area contributed by atoms with Crippen molar-refractivity contribution in [2.75, 3.05) is 5.32 Å². The van der Waals surface area contributed by atoms with E-state index in [2.05, 4.69) is 5.32 Å². The Kier molecular flexibility index (Phi) is 3.76. The molecule has 2 aromatic rings. The molecule has 0 spiro atoms. The Labute approximate surface area is 113 Å². The Morgan fingerprint density at radius 1 is 1.42 bits per heavy atom. The molecule has 1 aromatic carbocycles. The van der Waals surface area contributed by atoms with Crippen LogP contribution < -0.4 is 5.32 Å². The molecule has 2 N–H and O–H groups in total. The maximum atomic E-state index is 13.3. The molecule has 1 atom stereocenters. The Bertz CT molecular complexity index is 612. The van der Waals surface area contributed by atoms with Crippen molar-refractivity contribution in [2.45, 2.75) is 13.0 Å². The van der Waals surface area contributed by atoms with Gasteiger partial charge >= 0.3 is 5.97 Å². The van der Waals surface area contributed by atoms with E-state index in [0.717, 1.165) is 0 Å². The van der Waals surface area contributed by atoms with Gasteiger partial charge in [0, 0.05) is 5.69 Å². The molecule has 0 radical (unpaired) electrons. The SMILES string of the molecule is CC(Nc1ccc(Cl)c(F)c1)c1ccc(C(=O)O)o1. The molecular weight excluding hydrogens is 273 g/mol. The van der Waals surface area contributed by atoms with E-state index in [-0.39, 0.29) is 16.8 Å². The smallest absolute Gasteiger partial charge is 0.371 e. The van der Waals surface area contributed by atoms with E-state index in [1.807, 2.05) is 0 Å².